The first-order valence-corrected chi connectivity index (χ1v) is 2.41. The van der Waals surface area contributed by atoms with Gasteiger partial charge in [0, 0.05) is 0 Å². The molecule has 0 atom stereocenters. The van der Waals surface area contributed by atoms with Crippen LogP contribution in [0.1, 0.15) is 6.92 Å². The maximum absolute atomic E-state index is 10.2. The monoisotopic (exact) mass is 127 g/mol. The van der Waals surface area contributed by atoms with Gasteiger partial charge in [0.15, 0.2) is 0 Å². The average Bonchev–Trinajstić information content (AvgIpc) is 1.82. The van der Waals surface area contributed by atoms with Crippen molar-refractivity contribution in [2.24, 2.45) is 0 Å². The summed E-state index contributed by atoms with van der Waals surface area (Å²) in [7, 11) is 0. The fourth-order valence-electron chi connectivity index (χ4n) is 0.255. The second-order valence-corrected chi connectivity index (χ2v) is 1.36. The summed E-state index contributed by atoms with van der Waals surface area (Å²) in [5, 5.41) is 18.2. The van der Waals surface area contributed by atoms with Gasteiger partial charge in [-0.15, -0.1) is 0 Å². The highest BCUT2D eigenvalue weighted by Gasteiger charge is 1.87. The molecule has 0 spiro atoms. The van der Waals surface area contributed by atoms with E-state index in [1.807, 2.05) is 0 Å². The first kappa shape index (κ1) is 7.75. The van der Waals surface area contributed by atoms with Crippen molar-refractivity contribution < 1.29 is 15.0 Å². The summed E-state index contributed by atoms with van der Waals surface area (Å²) in [6.45, 7) is 1.70. The molecule has 0 aliphatic carbocycles. The van der Waals surface area contributed by atoms with Crippen molar-refractivity contribution in [1.82, 2.24) is 0 Å². The molecular weight excluding hydrogens is 120 g/mol. The van der Waals surface area contributed by atoms with Gasteiger partial charge in [0.05, 0.1) is 0 Å². The Hall–Kier alpha value is -1.25. The molecule has 0 aromatic rings. The largest absolute Gasteiger partial charge is 0.868 e. The van der Waals surface area contributed by atoms with E-state index in [1.54, 1.807) is 13.0 Å². The Balaban J connectivity index is 4.00. The van der Waals surface area contributed by atoms with Crippen LogP contribution in [0.15, 0.2) is 24.0 Å². The normalized spacial score (nSPS) is 12.3. The van der Waals surface area contributed by atoms with Crippen LogP contribution in [-0.4, -0.2) is 11.1 Å². The zero-order chi connectivity index (χ0) is 7.28. The third kappa shape index (κ3) is 3.34. The van der Waals surface area contributed by atoms with E-state index in [0.29, 0.717) is 0 Å². The third-order valence-corrected chi connectivity index (χ3v) is 0.651. The molecule has 3 nitrogen and oxygen atoms in total. The molecule has 0 aliphatic rings. The van der Waals surface area contributed by atoms with Crippen molar-refractivity contribution in [2.75, 3.05) is 0 Å². The van der Waals surface area contributed by atoms with Crippen molar-refractivity contribution in [2.45, 2.75) is 6.92 Å². The Bertz CT molecular complexity index is 156. The van der Waals surface area contributed by atoms with Crippen LogP contribution >= 0.6 is 0 Å². The number of rotatable bonds is 2. The number of carboxylic acids is 1. The van der Waals surface area contributed by atoms with Gasteiger partial charge in [0.25, 0.3) is 0 Å². The minimum absolute atomic E-state index is 0.895. The van der Waals surface area contributed by atoms with Crippen LogP contribution in [0.4, 0.5) is 0 Å². The van der Waals surface area contributed by atoms with Crippen molar-refractivity contribution in [3.8, 4) is 0 Å². The van der Waals surface area contributed by atoms with Crippen molar-refractivity contribution in [1.29, 1.82) is 0 Å². The molecule has 0 aliphatic heterocycles. The summed E-state index contributed by atoms with van der Waals surface area (Å²) in [5.74, 6) is -2.32. The van der Waals surface area contributed by atoms with E-state index in [1.165, 1.54) is 6.08 Å². The Morgan fingerprint density at radius 2 is 2.22 bits per heavy atom. The summed E-state index contributed by atoms with van der Waals surface area (Å²) in [4.78, 5) is 9.79. The van der Waals surface area contributed by atoms with Gasteiger partial charge in [-0.25, -0.2) is 4.79 Å². The maximum Gasteiger partial charge on any atom is 0.320 e. The van der Waals surface area contributed by atoms with Gasteiger partial charge in [-0.2, -0.15) is 0 Å². The average molecular weight is 127 g/mol. The van der Waals surface area contributed by atoms with E-state index in [4.69, 9.17) is 5.11 Å². The smallest absolute Gasteiger partial charge is 0.320 e. The van der Waals surface area contributed by atoms with E-state index < -0.39 is 11.7 Å². The molecule has 0 unspecified atom stereocenters. The van der Waals surface area contributed by atoms with Gasteiger partial charge in [0.1, 0.15) is 0 Å². The Kier molecular flexibility index (Phi) is 3.20. The SMILES string of the molecule is C/C=C/C=C(\[O-])C(=O)O. The summed E-state index contributed by atoms with van der Waals surface area (Å²) < 4.78 is 0. The van der Waals surface area contributed by atoms with Crippen LogP contribution in [0.2, 0.25) is 0 Å². The summed E-state index contributed by atoms with van der Waals surface area (Å²) in [6, 6.07) is 0. The van der Waals surface area contributed by atoms with E-state index >= 15 is 0 Å². The van der Waals surface area contributed by atoms with E-state index in [-0.39, 0.29) is 0 Å². The minimum atomic E-state index is -1.42. The van der Waals surface area contributed by atoms with Crippen LogP contribution in [0.5, 0.6) is 0 Å². The fraction of sp³-hybridized carbons (Fsp3) is 0.167. The first-order chi connectivity index (χ1) is 4.18. The molecule has 0 amide bonds. The number of allylic oxidation sites excluding steroid dienone is 3. The minimum Gasteiger partial charge on any atom is -0.868 e. The highest BCUT2D eigenvalue weighted by atomic mass is 16.4. The summed E-state index contributed by atoms with van der Waals surface area (Å²) >= 11 is 0. The molecule has 3 heteroatoms. The highest BCUT2D eigenvalue weighted by Crippen LogP contribution is 1.82. The van der Waals surface area contributed by atoms with Gasteiger partial charge in [-0.05, 0) is 12.7 Å². The van der Waals surface area contributed by atoms with Crippen LogP contribution in [0, 0.1) is 0 Å². The van der Waals surface area contributed by atoms with Gasteiger partial charge in [-0.1, -0.05) is 18.2 Å². The van der Waals surface area contributed by atoms with E-state index in [0.717, 1.165) is 6.08 Å². The molecule has 0 saturated carbocycles. The zero-order valence-corrected chi connectivity index (χ0v) is 5.00. The zero-order valence-electron chi connectivity index (χ0n) is 5.00. The maximum atomic E-state index is 10.2. The van der Waals surface area contributed by atoms with Crippen LogP contribution in [0.25, 0.3) is 0 Å². The lowest BCUT2D eigenvalue weighted by molar-refractivity contribution is -0.302. The Labute approximate surface area is 52.9 Å². The van der Waals surface area contributed by atoms with Crippen LogP contribution in [0.3, 0.4) is 0 Å². The topological polar surface area (TPSA) is 60.4 Å². The predicted molar refractivity (Wildman–Crippen MR) is 30.5 cm³/mol. The second-order valence-electron chi connectivity index (χ2n) is 1.36. The van der Waals surface area contributed by atoms with Gasteiger partial charge < -0.3 is 10.2 Å². The fourth-order valence-corrected chi connectivity index (χ4v) is 0.255. The van der Waals surface area contributed by atoms with Crippen molar-refractivity contribution in [3.63, 3.8) is 0 Å². The lowest BCUT2D eigenvalue weighted by Crippen LogP contribution is -2.13. The molecule has 0 fully saturated rings. The molecule has 1 N–H and O–H groups in total. The highest BCUT2D eigenvalue weighted by molar-refractivity contribution is 5.83. The molecule has 0 radical (unpaired) electrons. The predicted octanol–water partition coefficient (Wildman–Crippen LogP) is -0.109. The van der Waals surface area contributed by atoms with E-state index in [9.17, 15) is 9.90 Å². The quantitative estimate of drug-likeness (QED) is 0.320. The molecular formula is C6H7O3-. The molecule has 0 aromatic heterocycles. The Morgan fingerprint density at radius 3 is 2.56 bits per heavy atom. The molecule has 0 aromatic carbocycles. The number of hydrogen-bond acceptors (Lipinski definition) is 2. The lowest BCUT2D eigenvalue weighted by atomic mass is 10.4. The summed E-state index contributed by atoms with van der Waals surface area (Å²) in [6.07, 6.45) is 3.97. The van der Waals surface area contributed by atoms with Gasteiger partial charge >= 0.3 is 5.97 Å². The Morgan fingerprint density at radius 1 is 1.67 bits per heavy atom. The molecule has 0 rings (SSSR count). The second kappa shape index (κ2) is 3.72. The molecule has 50 valence electrons. The molecule has 9 heavy (non-hydrogen) atoms. The summed E-state index contributed by atoms with van der Waals surface area (Å²) in [5.41, 5.74) is 0. The van der Waals surface area contributed by atoms with Crippen LogP contribution < -0.4 is 5.11 Å². The molecule has 0 heterocycles. The number of carboxylic acid groups (broad SMARTS) is 1. The van der Waals surface area contributed by atoms with Crippen LogP contribution in [-0.2, 0) is 4.79 Å². The first-order valence-electron chi connectivity index (χ1n) is 2.41. The number of hydrogen-bond donors (Lipinski definition) is 1. The van der Waals surface area contributed by atoms with Gasteiger partial charge in [-0.3, -0.25) is 0 Å². The van der Waals surface area contributed by atoms with Crippen molar-refractivity contribution in [3.05, 3.63) is 24.0 Å². The van der Waals surface area contributed by atoms with E-state index in [2.05, 4.69) is 0 Å². The molecule has 0 saturated heterocycles. The third-order valence-electron chi connectivity index (χ3n) is 0.651. The number of aliphatic carboxylic acids is 1. The molecule has 0 bridgehead atoms. The lowest BCUT2D eigenvalue weighted by Gasteiger charge is -2.00. The standard InChI is InChI=1S/C6H8O3/c1-2-3-4-5(7)6(8)9/h2-4,7H,1H3,(H,8,9)/p-1/b3-2+,5-4-. The number of carbonyl (C=O) groups is 1. The van der Waals surface area contributed by atoms with Gasteiger partial charge in [0.2, 0.25) is 0 Å². The van der Waals surface area contributed by atoms with Crippen molar-refractivity contribution >= 4 is 5.97 Å².